The Bertz CT molecular complexity index is 547. The van der Waals surface area contributed by atoms with Crippen molar-refractivity contribution < 1.29 is 14.6 Å². The van der Waals surface area contributed by atoms with Crippen molar-refractivity contribution in [3.8, 4) is 11.5 Å². The number of hydrogen-bond acceptors (Lipinski definition) is 3. The zero-order chi connectivity index (χ0) is 13.0. The van der Waals surface area contributed by atoms with Crippen LogP contribution in [0.15, 0.2) is 48.5 Å². The zero-order valence-electron chi connectivity index (χ0n) is 10.1. The van der Waals surface area contributed by atoms with Crippen LogP contribution in [0.2, 0.25) is 0 Å². The van der Waals surface area contributed by atoms with E-state index in [-0.39, 0.29) is 11.5 Å². The molecule has 0 radical (unpaired) electrons. The van der Waals surface area contributed by atoms with E-state index in [0.29, 0.717) is 17.9 Å². The fraction of sp³-hybridized carbons (Fsp3) is 0.133. The van der Waals surface area contributed by atoms with Crippen molar-refractivity contribution in [2.24, 2.45) is 0 Å². The van der Waals surface area contributed by atoms with Gasteiger partial charge in [-0.25, -0.2) is 0 Å². The Balaban J connectivity index is 2.12. The van der Waals surface area contributed by atoms with Crippen LogP contribution in [0.5, 0.6) is 11.5 Å². The minimum absolute atomic E-state index is 0.0331. The van der Waals surface area contributed by atoms with E-state index in [4.69, 9.17) is 4.74 Å². The highest BCUT2D eigenvalue weighted by Crippen LogP contribution is 2.23. The van der Waals surface area contributed by atoms with E-state index in [1.54, 1.807) is 6.07 Å². The molecule has 3 nitrogen and oxygen atoms in total. The number of carbonyl (C=O) groups excluding carboxylic acids is 1. The molecule has 0 bridgehead atoms. The SMILES string of the molecule is CC(=O)c1cc(O)cc(OCc2ccccc2)c1. The second kappa shape index (κ2) is 5.36. The predicted octanol–water partition coefficient (Wildman–Crippen LogP) is 3.17. The topological polar surface area (TPSA) is 46.5 Å². The third kappa shape index (κ3) is 3.10. The average Bonchev–Trinajstić information content (AvgIpc) is 2.37. The molecule has 0 atom stereocenters. The molecule has 3 heteroatoms. The fourth-order valence-electron chi connectivity index (χ4n) is 1.61. The third-order valence-corrected chi connectivity index (χ3v) is 2.55. The summed E-state index contributed by atoms with van der Waals surface area (Å²) in [6.07, 6.45) is 0. The number of ketones is 1. The van der Waals surface area contributed by atoms with Crippen LogP contribution in [0, 0.1) is 0 Å². The number of phenolic OH excluding ortho intramolecular Hbond substituents is 1. The Morgan fingerprint density at radius 2 is 1.89 bits per heavy atom. The number of ether oxygens (including phenoxy) is 1. The number of aromatic hydroxyl groups is 1. The van der Waals surface area contributed by atoms with Gasteiger partial charge >= 0.3 is 0 Å². The molecule has 0 amide bonds. The van der Waals surface area contributed by atoms with Crippen molar-refractivity contribution in [2.45, 2.75) is 13.5 Å². The lowest BCUT2D eigenvalue weighted by atomic mass is 10.1. The van der Waals surface area contributed by atoms with Crippen molar-refractivity contribution >= 4 is 5.78 Å². The van der Waals surface area contributed by atoms with Gasteiger partial charge in [0.15, 0.2) is 5.78 Å². The first kappa shape index (κ1) is 12.2. The Morgan fingerprint density at radius 1 is 1.17 bits per heavy atom. The van der Waals surface area contributed by atoms with E-state index in [9.17, 15) is 9.90 Å². The Labute approximate surface area is 106 Å². The van der Waals surface area contributed by atoms with Gasteiger partial charge in [0, 0.05) is 11.6 Å². The number of hydrogen-bond donors (Lipinski definition) is 1. The molecule has 0 saturated heterocycles. The van der Waals surface area contributed by atoms with Gasteiger partial charge in [0.2, 0.25) is 0 Å². The van der Waals surface area contributed by atoms with Crippen molar-refractivity contribution in [2.75, 3.05) is 0 Å². The number of Topliss-reactive ketones (excluding diaryl/α,β-unsaturated/α-hetero) is 1. The Morgan fingerprint density at radius 3 is 2.56 bits per heavy atom. The van der Waals surface area contributed by atoms with Crippen molar-refractivity contribution in [1.82, 2.24) is 0 Å². The van der Waals surface area contributed by atoms with Crippen LogP contribution in [0.1, 0.15) is 22.8 Å². The maximum Gasteiger partial charge on any atom is 0.160 e. The first-order chi connectivity index (χ1) is 8.65. The highest BCUT2D eigenvalue weighted by Gasteiger charge is 2.05. The molecular weight excluding hydrogens is 228 g/mol. The quantitative estimate of drug-likeness (QED) is 0.837. The summed E-state index contributed by atoms with van der Waals surface area (Å²) in [5.74, 6) is 0.422. The van der Waals surface area contributed by atoms with E-state index in [2.05, 4.69) is 0 Å². The highest BCUT2D eigenvalue weighted by atomic mass is 16.5. The van der Waals surface area contributed by atoms with E-state index in [1.807, 2.05) is 30.3 Å². The van der Waals surface area contributed by atoms with Crippen LogP contribution in [0.3, 0.4) is 0 Å². The molecule has 0 unspecified atom stereocenters. The molecule has 0 aromatic heterocycles. The number of phenols is 1. The molecule has 18 heavy (non-hydrogen) atoms. The van der Waals surface area contributed by atoms with Crippen LogP contribution >= 0.6 is 0 Å². The number of rotatable bonds is 4. The minimum Gasteiger partial charge on any atom is -0.508 e. The summed E-state index contributed by atoms with van der Waals surface area (Å²) in [5, 5.41) is 9.51. The lowest BCUT2D eigenvalue weighted by molar-refractivity contribution is 0.101. The predicted molar refractivity (Wildman–Crippen MR) is 68.9 cm³/mol. The summed E-state index contributed by atoms with van der Waals surface area (Å²) in [6, 6.07) is 14.3. The highest BCUT2D eigenvalue weighted by molar-refractivity contribution is 5.94. The number of benzene rings is 2. The van der Waals surface area contributed by atoms with Gasteiger partial charge in [-0.05, 0) is 24.6 Å². The van der Waals surface area contributed by atoms with Gasteiger partial charge in [-0.3, -0.25) is 4.79 Å². The van der Waals surface area contributed by atoms with Gasteiger partial charge in [-0.1, -0.05) is 30.3 Å². The van der Waals surface area contributed by atoms with Gasteiger partial charge in [0.25, 0.3) is 0 Å². The summed E-state index contributed by atoms with van der Waals surface area (Å²) in [5.41, 5.74) is 1.48. The van der Waals surface area contributed by atoms with Gasteiger partial charge in [0.1, 0.15) is 18.1 Å². The zero-order valence-corrected chi connectivity index (χ0v) is 10.1. The van der Waals surface area contributed by atoms with Crippen LogP contribution in [-0.4, -0.2) is 10.9 Å². The monoisotopic (exact) mass is 242 g/mol. The average molecular weight is 242 g/mol. The molecule has 2 aromatic carbocycles. The largest absolute Gasteiger partial charge is 0.508 e. The van der Waals surface area contributed by atoms with Crippen LogP contribution in [-0.2, 0) is 6.61 Å². The molecule has 0 aliphatic rings. The summed E-state index contributed by atoms with van der Waals surface area (Å²) in [7, 11) is 0. The van der Waals surface area contributed by atoms with E-state index in [1.165, 1.54) is 19.1 Å². The molecule has 0 heterocycles. The lowest BCUT2D eigenvalue weighted by Crippen LogP contribution is -1.97. The molecular formula is C15H14O3. The first-order valence-corrected chi connectivity index (χ1v) is 5.67. The van der Waals surface area contributed by atoms with Gasteiger partial charge < -0.3 is 9.84 Å². The minimum atomic E-state index is -0.101. The maximum atomic E-state index is 11.3. The molecule has 1 N–H and O–H groups in total. The van der Waals surface area contributed by atoms with Crippen molar-refractivity contribution in [3.05, 3.63) is 59.7 Å². The standard InChI is InChI=1S/C15H14O3/c1-11(16)13-7-14(17)9-15(8-13)18-10-12-5-3-2-4-6-12/h2-9,17H,10H2,1H3. The molecule has 0 spiro atoms. The van der Waals surface area contributed by atoms with E-state index < -0.39 is 0 Å². The smallest absolute Gasteiger partial charge is 0.160 e. The second-order valence-electron chi connectivity index (χ2n) is 4.05. The Kier molecular flexibility index (Phi) is 3.63. The summed E-state index contributed by atoms with van der Waals surface area (Å²) >= 11 is 0. The van der Waals surface area contributed by atoms with E-state index >= 15 is 0 Å². The molecule has 92 valence electrons. The van der Waals surface area contributed by atoms with Crippen LogP contribution < -0.4 is 4.74 Å². The van der Waals surface area contributed by atoms with E-state index in [0.717, 1.165) is 5.56 Å². The number of carbonyl (C=O) groups is 1. The van der Waals surface area contributed by atoms with Gasteiger partial charge in [-0.2, -0.15) is 0 Å². The fourth-order valence-corrected chi connectivity index (χ4v) is 1.61. The molecule has 0 saturated carbocycles. The molecule has 2 aromatic rings. The first-order valence-electron chi connectivity index (χ1n) is 5.67. The summed E-state index contributed by atoms with van der Waals surface area (Å²) < 4.78 is 5.55. The molecule has 0 aliphatic heterocycles. The lowest BCUT2D eigenvalue weighted by Gasteiger charge is -2.08. The summed E-state index contributed by atoms with van der Waals surface area (Å²) in [4.78, 5) is 11.3. The van der Waals surface area contributed by atoms with Crippen LogP contribution in [0.4, 0.5) is 0 Å². The van der Waals surface area contributed by atoms with Crippen molar-refractivity contribution in [3.63, 3.8) is 0 Å². The van der Waals surface area contributed by atoms with Crippen molar-refractivity contribution in [1.29, 1.82) is 0 Å². The molecule has 0 aliphatic carbocycles. The summed E-state index contributed by atoms with van der Waals surface area (Å²) in [6.45, 7) is 1.86. The normalized spacial score (nSPS) is 10.1. The van der Waals surface area contributed by atoms with Gasteiger partial charge in [0.05, 0.1) is 0 Å². The molecule has 2 rings (SSSR count). The molecule has 0 fully saturated rings. The van der Waals surface area contributed by atoms with Crippen LogP contribution in [0.25, 0.3) is 0 Å². The Hall–Kier alpha value is -2.29. The second-order valence-corrected chi connectivity index (χ2v) is 4.05. The maximum absolute atomic E-state index is 11.3. The van der Waals surface area contributed by atoms with Gasteiger partial charge in [-0.15, -0.1) is 0 Å². The third-order valence-electron chi connectivity index (χ3n) is 2.55.